The molecule has 4 nitrogen and oxygen atoms in total. The van der Waals surface area contributed by atoms with E-state index in [4.69, 9.17) is 0 Å². The van der Waals surface area contributed by atoms with Gasteiger partial charge in [-0.1, -0.05) is 41.5 Å². The van der Waals surface area contributed by atoms with E-state index >= 15 is 0 Å². The maximum Gasteiger partial charge on any atom is 0.307 e. The van der Waals surface area contributed by atoms with Crippen molar-refractivity contribution in [3.05, 3.63) is 47.0 Å². The van der Waals surface area contributed by atoms with Crippen molar-refractivity contribution in [2.24, 2.45) is 23.7 Å². The first-order valence-electron chi connectivity index (χ1n) is 8.22. The van der Waals surface area contributed by atoms with Crippen LogP contribution in [0.1, 0.15) is 32.3 Å². The van der Waals surface area contributed by atoms with Gasteiger partial charge in [0.2, 0.25) is 5.91 Å². The highest BCUT2D eigenvalue weighted by Gasteiger charge is 2.57. The molecule has 0 aliphatic heterocycles. The zero-order valence-electron chi connectivity index (χ0n) is 13.6. The first-order chi connectivity index (χ1) is 11.0. The Kier molecular flexibility index (Phi) is 4.24. The second-order valence-corrected chi connectivity index (χ2v) is 6.84. The highest BCUT2D eigenvalue weighted by atomic mass is 16.4. The lowest BCUT2D eigenvalue weighted by Gasteiger charge is -2.26. The summed E-state index contributed by atoms with van der Waals surface area (Å²) in [6.07, 6.45) is 1.82. The molecule has 0 saturated heterocycles. The Hall–Kier alpha value is -2.10. The minimum absolute atomic E-state index is 0.0370. The molecule has 4 heteroatoms. The van der Waals surface area contributed by atoms with Crippen LogP contribution in [-0.4, -0.2) is 17.0 Å². The summed E-state index contributed by atoms with van der Waals surface area (Å²) < 4.78 is 0. The quantitative estimate of drug-likeness (QED) is 0.840. The van der Waals surface area contributed by atoms with Crippen LogP contribution < -0.4 is 5.32 Å². The van der Waals surface area contributed by atoms with E-state index in [0.717, 1.165) is 18.4 Å². The van der Waals surface area contributed by atoms with Crippen molar-refractivity contribution in [3.63, 3.8) is 0 Å². The van der Waals surface area contributed by atoms with Gasteiger partial charge in [-0.05, 0) is 44.1 Å². The lowest BCUT2D eigenvalue weighted by atomic mass is 9.78. The number of carboxylic acid groups (broad SMARTS) is 1. The van der Waals surface area contributed by atoms with E-state index in [-0.39, 0.29) is 17.7 Å². The molecule has 2 saturated carbocycles. The van der Waals surface area contributed by atoms with Crippen LogP contribution in [-0.2, 0) is 16.1 Å². The number of carbonyl (C=O) groups is 2. The van der Waals surface area contributed by atoms with Crippen LogP contribution in [0.5, 0.6) is 0 Å². The van der Waals surface area contributed by atoms with Gasteiger partial charge < -0.3 is 10.4 Å². The maximum absolute atomic E-state index is 12.7. The first-order valence-corrected chi connectivity index (χ1v) is 8.22. The van der Waals surface area contributed by atoms with Crippen LogP contribution in [0.4, 0.5) is 0 Å². The minimum Gasteiger partial charge on any atom is -0.481 e. The number of nitrogens with one attached hydrogen (secondary N) is 1. The zero-order chi connectivity index (χ0) is 16.6. The molecule has 2 fully saturated rings. The Bertz CT molecular complexity index is 646. The number of carboxylic acids is 1. The highest BCUT2D eigenvalue weighted by Crippen LogP contribution is 2.57. The fourth-order valence-corrected chi connectivity index (χ4v) is 4.51. The summed E-state index contributed by atoms with van der Waals surface area (Å²) in [4.78, 5) is 24.4. The molecule has 1 aromatic rings. The molecule has 2 aliphatic carbocycles. The lowest BCUT2D eigenvalue weighted by molar-refractivity contribution is -0.149. The third-order valence-electron chi connectivity index (χ3n) is 5.32. The number of hydrogen-bond acceptors (Lipinski definition) is 2. The Balaban J connectivity index is 1.79. The number of aliphatic carboxylic acids is 1. The summed E-state index contributed by atoms with van der Waals surface area (Å²) in [6.45, 7) is 4.51. The van der Waals surface area contributed by atoms with Gasteiger partial charge >= 0.3 is 5.97 Å². The van der Waals surface area contributed by atoms with Crippen molar-refractivity contribution >= 4 is 11.9 Å². The second-order valence-electron chi connectivity index (χ2n) is 6.84. The SMILES string of the molecule is CC(C)=C1[C@H]2CC[C@H]1[C@@H](C(=O)NCc1ccccc1)[C@H]2C(=O)O. The third kappa shape index (κ3) is 2.78. The van der Waals surface area contributed by atoms with Gasteiger partial charge in [-0.2, -0.15) is 0 Å². The van der Waals surface area contributed by atoms with Gasteiger partial charge in [0, 0.05) is 6.54 Å². The predicted molar refractivity (Wildman–Crippen MR) is 87.5 cm³/mol. The van der Waals surface area contributed by atoms with Gasteiger partial charge in [0.15, 0.2) is 0 Å². The monoisotopic (exact) mass is 313 g/mol. The highest BCUT2D eigenvalue weighted by molar-refractivity contribution is 5.87. The molecule has 1 amide bonds. The number of fused-ring (bicyclic) bond motifs is 2. The van der Waals surface area contributed by atoms with E-state index in [0.29, 0.717) is 6.54 Å². The molecule has 0 heterocycles. The summed E-state index contributed by atoms with van der Waals surface area (Å²) in [7, 11) is 0. The van der Waals surface area contributed by atoms with Gasteiger partial charge in [0.1, 0.15) is 0 Å². The summed E-state index contributed by atoms with van der Waals surface area (Å²) >= 11 is 0. The Morgan fingerprint density at radius 3 is 2.26 bits per heavy atom. The van der Waals surface area contributed by atoms with Crippen molar-refractivity contribution < 1.29 is 14.7 Å². The fourth-order valence-electron chi connectivity index (χ4n) is 4.51. The summed E-state index contributed by atoms with van der Waals surface area (Å²) in [5, 5.41) is 12.6. The molecule has 122 valence electrons. The second kappa shape index (κ2) is 6.19. The van der Waals surface area contributed by atoms with E-state index < -0.39 is 17.8 Å². The number of carbonyl (C=O) groups excluding carboxylic acids is 1. The van der Waals surface area contributed by atoms with Crippen LogP contribution in [0.2, 0.25) is 0 Å². The van der Waals surface area contributed by atoms with E-state index in [1.165, 1.54) is 11.1 Å². The van der Waals surface area contributed by atoms with E-state index in [9.17, 15) is 14.7 Å². The third-order valence-corrected chi connectivity index (χ3v) is 5.32. The van der Waals surface area contributed by atoms with Gasteiger partial charge in [0.05, 0.1) is 11.8 Å². The van der Waals surface area contributed by atoms with Crippen molar-refractivity contribution in [2.75, 3.05) is 0 Å². The minimum atomic E-state index is -0.837. The maximum atomic E-state index is 12.7. The number of allylic oxidation sites excluding steroid dienone is 2. The van der Waals surface area contributed by atoms with Gasteiger partial charge in [-0.15, -0.1) is 0 Å². The van der Waals surface area contributed by atoms with Gasteiger partial charge in [-0.3, -0.25) is 9.59 Å². The number of benzene rings is 1. The topological polar surface area (TPSA) is 66.4 Å². The first kappa shape index (κ1) is 15.8. The van der Waals surface area contributed by atoms with Crippen LogP contribution in [0, 0.1) is 23.7 Å². The predicted octanol–water partition coefficient (Wildman–Crippen LogP) is 3.00. The molecular weight excluding hydrogens is 290 g/mol. The molecule has 23 heavy (non-hydrogen) atoms. The molecule has 0 spiro atoms. The number of amides is 1. The number of hydrogen-bond donors (Lipinski definition) is 2. The normalized spacial score (nSPS) is 28.7. The Labute approximate surface area is 136 Å². The van der Waals surface area contributed by atoms with Gasteiger partial charge in [-0.25, -0.2) is 0 Å². The van der Waals surface area contributed by atoms with Crippen molar-refractivity contribution in [1.82, 2.24) is 5.32 Å². The van der Waals surface area contributed by atoms with E-state index in [2.05, 4.69) is 5.32 Å². The van der Waals surface area contributed by atoms with E-state index in [1.807, 2.05) is 44.2 Å². The van der Waals surface area contributed by atoms with Gasteiger partial charge in [0.25, 0.3) is 0 Å². The van der Waals surface area contributed by atoms with Crippen molar-refractivity contribution in [1.29, 1.82) is 0 Å². The van der Waals surface area contributed by atoms with E-state index in [1.54, 1.807) is 0 Å². The molecule has 2 bridgehead atoms. The van der Waals surface area contributed by atoms with Crippen molar-refractivity contribution in [2.45, 2.75) is 33.2 Å². The Morgan fingerprint density at radius 1 is 1.09 bits per heavy atom. The smallest absolute Gasteiger partial charge is 0.307 e. The molecule has 0 radical (unpaired) electrons. The molecule has 1 aromatic carbocycles. The van der Waals surface area contributed by atoms with Crippen LogP contribution >= 0.6 is 0 Å². The summed E-state index contributed by atoms with van der Waals surface area (Å²) in [6, 6.07) is 9.71. The average Bonchev–Trinajstić information content (AvgIpc) is 3.09. The largest absolute Gasteiger partial charge is 0.481 e. The lowest BCUT2D eigenvalue weighted by Crippen LogP contribution is -2.41. The average molecular weight is 313 g/mol. The summed E-state index contributed by atoms with van der Waals surface area (Å²) in [5.74, 6) is -1.82. The fraction of sp³-hybridized carbons (Fsp3) is 0.474. The standard InChI is InChI=1S/C19H23NO3/c1-11(2)15-13-8-9-14(15)17(19(22)23)16(13)18(21)20-10-12-6-4-3-5-7-12/h3-7,13-14,16-17H,8-10H2,1-2H3,(H,20,21)(H,22,23)/t13-,14-,16-,17+/m1/s1. The molecule has 4 atom stereocenters. The van der Waals surface area contributed by atoms with Crippen LogP contribution in [0.3, 0.4) is 0 Å². The molecule has 2 aliphatic rings. The molecule has 2 N–H and O–H groups in total. The molecule has 0 unspecified atom stereocenters. The summed E-state index contributed by atoms with van der Waals surface area (Å²) in [5.41, 5.74) is 3.43. The molecular formula is C19H23NO3. The van der Waals surface area contributed by atoms with Crippen LogP contribution in [0.25, 0.3) is 0 Å². The number of rotatable bonds is 4. The molecule has 3 rings (SSSR count). The van der Waals surface area contributed by atoms with Crippen molar-refractivity contribution in [3.8, 4) is 0 Å². The molecule has 0 aromatic heterocycles. The zero-order valence-corrected chi connectivity index (χ0v) is 13.6. The van der Waals surface area contributed by atoms with Crippen LogP contribution in [0.15, 0.2) is 41.5 Å². The Morgan fingerprint density at radius 2 is 1.70 bits per heavy atom.